The summed E-state index contributed by atoms with van der Waals surface area (Å²) in [4.78, 5) is 14.3. The van der Waals surface area contributed by atoms with Gasteiger partial charge in [0.2, 0.25) is 0 Å². The van der Waals surface area contributed by atoms with Gasteiger partial charge in [-0.3, -0.25) is 0 Å². The van der Waals surface area contributed by atoms with E-state index in [2.05, 4.69) is 54.5 Å². The molecule has 0 saturated carbocycles. The summed E-state index contributed by atoms with van der Waals surface area (Å²) in [5.41, 5.74) is 2.05. The molecule has 1 aromatic heterocycles. The molecule has 0 amide bonds. The molecule has 2 aliphatic rings. The highest BCUT2D eigenvalue weighted by molar-refractivity contribution is 7.23. The second kappa shape index (κ2) is 9.38. The molecule has 0 radical (unpaired) electrons. The summed E-state index contributed by atoms with van der Waals surface area (Å²) in [5.74, 6) is -0.350. The summed E-state index contributed by atoms with van der Waals surface area (Å²) in [7, 11) is -0.495. The zero-order valence-corrected chi connectivity index (χ0v) is 23.8. The van der Waals surface area contributed by atoms with Crippen LogP contribution in [0.15, 0.2) is 6.08 Å². The maximum Gasteiger partial charge on any atom is 0.506 e. The molecule has 1 saturated heterocycles. The quantitative estimate of drug-likeness (QED) is 0.343. The highest BCUT2D eigenvalue weighted by Crippen LogP contribution is 2.45. The molecular weight excluding hydrogens is 447 g/mol. The van der Waals surface area contributed by atoms with E-state index in [9.17, 15) is 4.79 Å². The van der Waals surface area contributed by atoms with Crippen LogP contribution in [0, 0.1) is 12.3 Å². The van der Waals surface area contributed by atoms with Crippen LogP contribution in [0.3, 0.4) is 0 Å². The SMILES string of the molecule is CCOC(=O)C(OC(C)(C)C)c1c(C)sc(B2OC(C)(C)C(C)(C)O2)c1C1=CCC(C)(C)CC1. The number of carbonyl (C=O) groups is 1. The first kappa shape index (κ1) is 27.4. The molecule has 0 bridgehead atoms. The molecule has 34 heavy (non-hydrogen) atoms. The van der Waals surface area contributed by atoms with Gasteiger partial charge < -0.3 is 18.8 Å². The zero-order valence-electron chi connectivity index (χ0n) is 23.0. The van der Waals surface area contributed by atoms with Gasteiger partial charge in [0.05, 0.1) is 23.4 Å². The second-order valence-corrected chi connectivity index (χ2v) is 13.6. The van der Waals surface area contributed by atoms with Crippen molar-refractivity contribution in [3.05, 3.63) is 22.1 Å². The minimum absolute atomic E-state index is 0.266. The van der Waals surface area contributed by atoms with Crippen molar-refractivity contribution in [1.82, 2.24) is 0 Å². The molecule has 0 aromatic carbocycles. The maximum atomic E-state index is 13.2. The molecule has 7 heteroatoms. The zero-order chi connectivity index (χ0) is 25.7. The topological polar surface area (TPSA) is 54.0 Å². The number of esters is 1. The Hall–Kier alpha value is -1.15. The van der Waals surface area contributed by atoms with Crippen LogP contribution in [0.2, 0.25) is 0 Å². The van der Waals surface area contributed by atoms with Crippen molar-refractivity contribution < 1.29 is 23.6 Å². The van der Waals surface area contributed by atoms with Gasteiger partial charge >= 0.3 is 13.1 Å². The average molecular weight is 491 g/mol. The molecule has 1 fully saturated rings. The van der Waals surface area contributed by atoms with Gasteiger partial charge in [-0.25, -0.2) is 4.79 Å². The minimum Gasteiger partial charge on any atom is -0.464 e. The van der Waals surface area contributed by atoms with Gasteiger partial charge in [0, 0.05) is 15.2 Å². The van der Waals surface area contributed by atoms with E-state index in [1.54, 1.807) is 11.3 Å². The van der Waals surface area contributed by atoms with E-state index in [0.717, 1.165) is 40.0 Å². The molecule has 3 rings (SSSR count). The van der Waals surface area contributed by atoms with Gasteiger partial charge in [-0.05, 0) is 98.1 Å². The van der Waals surface area contributed by atoms with Crippen molar-refractivity contribution in [1.29, 1.82) is 0 Å². The van der Waals surface area contributed by atoms with E-state index in [1.807, 2.05) is 27.7 Å². The van der Waals surface area contributed by atoms with Crippen LogP contribution in [0.5, 0.6) is 0 Å². The predicted octanol–water partition coefficient (Wildman–Crippen LogP) is 6.37. The van der Waals surface area contributed by atoms with Crippen molar-refractivity contribution in [2.75, 3.05) is 6.61 Å². The molecular formula is C27H43BO5S. The van der Waals surface area contributed by atoms with Gasteiger partial charge in [0.1, 0.15) is 0 Å². The smallest absolute Gasteiger partial charge is 0.464 e. The lowest BCUT2D eigenvalue weighted by Crippen LogP contribution is -2.41. The van der Waals surface area contributed by atoms with E-state index < -0.39 is 30.0 Å². The molecule has 1 aliphatic carbocycles. The van der Waals surface area contributed by atoms with Crippen LogP contribution in [0.1, 0.15) is 111 Å². The Morgan fingerprint density at radius 1 is 1.15 bits per heavy atom. The highest BCUT2D eigenvalue weighted by atomic mass is 32.1. The van der Waals surface area contributed by atoms with E-state index in [0.29, 0.717) is 6.61 Å². The molecule has 1 unspecified atom stereocenters. The van der Waals surface area contributed by atoms with E-state index >= 15 is 0 Å². The lowest BCUT2D eigenvalue weighted by molar-refractivity contribution is -0.166. The van der Waals surface area contributed by atoms with Gasteiger partial charge in [0.15, 0.2) is 6.10 Å². The van der Waals surface area contributed by atoms with Crippen molar-refractivity contribution >= 4 is 34.8 Å². The van der Waals surface area contributed by atoms with Crippen LogP contribution in [-0.4, -0.2) is 36.5 Å². The lowest BCUT2D eigenvalue weighted by Gasteiger charge is -2.32. The molecule has 1 aromatic rings. The van der Waals surface area contributed by atoms with Crippen molar-refractivity contribution in [3.63, 3.8) is 0 Å². The minimum atomic E-state index is -0.807. The fourth-order valence-electron chi connectivity index (χ4n) is 4.44. The third-order valence-electron chi connectivity index (χ3n) is 7.15. The van der Waals surface area contributed by atoms with E-state index in [4.69, 9.17) is 18.8 Å². The van der Waals surface area contributed by atoms with Crippen molar-refractivity contribution in [2.45, 2.75) is 118 Å². The monoisotopic (exact) mass is 490 g/mol. The number of rotatable bonds is 6. The third-order valence-corrected chi connectivity index (χ3v) is 8.30. The van der Waals surface area contributed by atoms with Crippen LogP contribution >= 0.6 is 11.3 Å². The van der Waals surface area contributed by atoms with Crippen LogP contribution in [0.25, 0.3) is 5.57 Å². The molecule has 0 spiro atoms. The number of hydrogen-bond acceptors (Lipinski definition) is 6. The number of allylic oxidation sites excluding steroid dienone is 2. The highest BCUT2D eigenvalue weighted by Gasteiger charge is 2.53. The summed E-state index contributed by atoms with van der Waals surface area (Å²) >= 11 is 1.64. The Morgan fingerprint density at radius 2 is 1.74 bits per heavy atom. The lowest BCUT2D eigenvalue weighted by atomic mass is 9.73. The molecule has 1 aliphatic heterocycles. The first-order valence-electron chi connectivity index (χ1n) is 12.5. The third kappa shape index (κ3) is 5.64. The van der Waals surface area contributed by atoms with Crippen LogP contribution < -0.4 is 4.78 Å². The maximum absolute atomic E-state index is 13.2. The predicted molar refractivity (Wildman–Crippen MR) is 141 cm³/mol. The normalized spacial score (nSPS) is 22.4. The summed E-state index contributed by atoms with van der Waals surface area (Å²) in [6.45, 7) is 23.0. The van der Waals surface area contributed by atoms with Gasteiger partial charge in [-0.2, -0.15) is 0 Å². The van der Waals surface area contributed by atoms with Crippen molar-refractivity contribution in [2.24, 2.45) is 5.41 Å². The Balaban J connectivity index is 2.20. The Kier molecular flexibility index (Phi) is 7.57. The molecule has 5 nitrogen and oxygen atoms in total. The molecule has 1 atom stereocenters. The standard InChI is InChI=1S/C27H43BO5S/c1-12-30-23(29)21(31-24(3,4)5)19-17(2)34-22(28-32-26(8,9)27(10,11)33-28)20(19)18-13-15-25(6,7)16-14-18/h13,21H,12,14-16H2,1-11H3. The van der Waals surface area contributed by atoms with Crippen molar-refractivity contribution in [3.8, 4) is 0 Å². The fraction of sp³-hybridized carbons (Fsp3) is 0.741. The van der Waals surface area contributed by atoms with Crippen LogP contribution in [-0.2, 0) is 23.6 Å². The Morgan fingerprint density at radius 3 is 2.21 bits per heavy atom. The summed E-state index contributed by atoms with van der Waals surface area (Å²) in [5, 5.41) is 0. The number of hydrogen-bond donors (Lipinski definition) is 0. The van der Waals surface area contributed by atoms with E-state index in [1.165, 1.54) is 5.57 Å². The number of thiophene rings is 1. The molecule has 2 heterocycles. The fourth-order valence-corrected chi connectivity index (χ4v) is 5.63. The summed E-state index contributed by atoms with van der Waals surface area (Å²) in [6.07, 6.45) is 4.54. The van der Waals surface area contributed by atoms with E-state index in [-0.39, 0.29) is 11.4 Å². The van der Waals surface area contributed by atoms with Gasteiger partial charge in [-0.15, -0.1) is 11.3 Å². The first-order chi connectivity index (χ1) is 15.5. The summed E-state index contributed by atoms with van der Waals surface area (Å²) < 4.78 is 25.9. The largest absolute Gasteiger partial charge is 0.506 e. The van der Waals surface area contributed by atoms with Gasteiger partial charge in [-0.1, -0.05) is 19.9 Å². The average Bonchev–Trinajstić information content (AvgIpc) is 3.12. The first-order valence-corrected chi connectivity index (χ1v) is 13.3. The molecule has 190 valence electrons. The van der Waals surface area contributed by atoms with Crippen LogP contribution in [0.4, 0.5) is 0 Å². The number of aryl methyl sites for hydroxylation is 1. The Bertz CT molecular complexity index is 935. The number of carbonyl (C=O) groups excluding carboxylic acids is 1. The second-order valence-electron chi connectivity index (χ2n) is 12.4. The number of ether oxygens (including phenoxy) is 2. The Labute approximate surface area is 210 Å². The molecule has 0 N–H and O–H groups in total. The summed E-state index contributed by atoms with van der Waals surface area (Å²) in [6, 6.07) is 0. The van der Waals surface area contributed by atoms with Gasteiger partial charge in [0.25, 0.3) is 0 Å².